The molecule has 3 heterocycles. The van der Waals surface area contributed by atoms with E-state index in [2.05, 4.69) is 10.3 Å². The number of ether oxygens (including phenoxy) is 2. The third-order valence-electron chi connectivity index (χ3n) is 7.77. The summed E-state index contributed by atoms with van der Waals surface area (Å²) in [7, 11) is 3.21. The van der Waals surface area contributed by atoms with Crippen molar-refractivity contribution in [2.75, 3.05) is 25.7 Å². The summed E-state index contributed by atoms with van der Waals surface area (Å²) in [6.07, 6.45) is 0.592. The van der Waals surface area contributed by atoms with Crippen molar-refractivity contribution in [3.05, 3.63) is 89.1 Å². The number of H-pyrrole nitrogens is 1. The molecule has 9 nitrogen and oxygen atoms in total. The molecular weight excluding hydrogens is 496 g/mol. The number of methoxy groups -OCH3 is 2. The van der Waals surface area contributed by atoms with E-state index in [1.54, 1.807) is 50.3 Å². The monoisotopic (exact) mass is 524 g/mol. The Labute approximate surface area is 225 Å². The molecule has 9 heteroatoms. The summed E-state index contributed by atoms with van der Waals surface area (Å²) in [5.74, 6) is 0.670. The highest BCUT2D eigenvalue weighted by Crippen LogP contribution is 2.46. The summed E-state index contributed by atoms with van der Waals surface area (Å²) < 4.78 is 10.6. The van der Waals surface area contributed by atoms with Gasteiger partial charge in [-0.05, 0) is 66.9 Å². The molecule has 2 aliphatic heterocycles. The van der Waals surface area contributed by atoms with Gasteiger partial charge in [-0.1, -0.05) is 24.3 Å². The third-order valence-corrected chi connectivity index (χ3v) is 7.77. The lowest BCUT2D eigenvalue weighted by molar-refractivity contribution is -0.125. The van der Waals surface area contributed by atoms with E-state index in [1.807, 2.05) is 42.5 Å². The molecule has 2 aliphatic rings. The molecule has 0 radical (unpaired) electrons. The summed E-state index contributed by atoms with van der Waals surface area (Å²) in [4.78, 5) is 47.3. The number of rotatable bonds is 6. The van der Waals surface area contributed by atoms with E-state index >= 15 is 0 Å². The lowest BCUT2D eigenvalue weighted by Gasteiger charge is -2.35. The smallest absolute Gasteiger partial charge is 0.332 e. The lowest BCUT2D eigenvalue weighted by atomic mass is 9.87. The molecule has 0 bridgehead atoms. The van der Waals surface area contributed by atoms with Crippen LogP contribution in [-0.2, 0) is 23.3 Å². The highest BCUT2D eigenvalue weighted by molar-refractivity contribution is 6.25. The van der Waals surface area contributed by atoms with Gasteiger partial charge in [-0.25, -0.2) is 9.69 Å². The average Bonchev–Trinajstić information content (AvgIpc) is 3.44. The molecule has 1 aromatic heterocycles. The van der Waals surface area contributed by atoms with Gasteiger partial charge in [0.25, 0.3) is 11.8 Å². The minimum atomic E-state index is -1.23. The topological polar surface area (TPSA) is 104 Å². The largest absolute Gasteiger partial charge is 0.497 e. The molecule has 198 valence electrons. The van der Waals surface area contributed by atoms with Gasteiger partial charge < -0.3 is 24.7 Å². The van der Waals surface area contributed by atoms with Gasteiger partial charge in [0.1, 0.15) is 11.5 Å². The van der Waals surface area contributed by atoms with Crippen LogP contribution in [0.2, 0.25) is 0 Å². The van der Waals surface area contributed by atoms with Crippen molar-refractivity contribution in [1.29, 1.82) is 0 Å². The van der Waals surface area contributed by atoms with Crippen LogP contribution < -0.4 is 19.7 Å². The number of aromatic nitrogens is 1. The number of hydrogen-bond donors (Lipinski definition) is 2. The molecule has 39 heavy (non-hydrogen) atoms. The minimum Gasteiger partial charge on any atom is -0.497 e. The Kier molecular flexibility index (Phi) is 5.79. The second-order valence-electron chi connectivity index (χ2n) is 9.83. The summed E-state index contributed by atoms with van der Waals surface area (Å²) in [6, 6.07) is 19.4. The maximum absolute atomic E-state index is 14.1. The van der Waals surface area contributed by atoms with Crippen LogP contribution in [0.25, 0.3) is 10.9 Å². The first-order valence-corrected chi connectivity index (χ1v) is 12.7. The van der Waals surface area contributed by atoms with Gasteiger partial charge in [0.05, 0.1) is 31.2 Å². The zero-order valence-corrected chi connectivity index (χ0v) is 21.9. The highest BCUT2D eigenvalue weighted by Gasteiger charge is 2.59. The van der Waals surface area contributed by atoms with E-state index in [0.29, 0.717) is 18.7 Å². The molecule has 1 fully saturated rings. The summed E-state index contributed by atoms with van der Waals surface area (Å²) in [5, 5.41) is 3.88. The molecule has 4 amide bonds. The lowest BCUT2D eigenvalue weighted by Crippen LogP contribution is -2.49. The van der Waals surface area contributed by atoms with Gasteiger partial charge in [0.15, 0.2) is 5.54 Å². The molecule has 4 aromatic rings. The normalized spacial score (nSPS) is 18.2. The van der Waals surface area contributed by atoms with E-state index in [4.69, 9.17) is 9.47 Å². The Balaban J connectivity index is 1.33. The first kappa shape index (κ1) is 24.5. The second kappa shape index (κ2) is 9.20. The van der Waals surface area contributed by atoms with E-state index < -0.39 is 17.5 Å². The first-order valence-electron chi connectivity index (χ1n) is 12.7. The van der Waals surface area contributed by atoms with Crippen molar-refractivity contribution in [2.24, 2.45) is 0 Å². The number of urea groups is 1. The zero-order valence-electron chi connectivity index (χ0n) is 21.9. The number of carbonyl (C=O) groups excluding carboxylic acids is 3. The van der Waals surface area contributed by atoms with Crippen LogP contribution in [0.4, 0.5) is 10.5 Å². The number of para-hydroxylation sites is 1. The number of amides is 4. The Morgan fingerprint density at radius 3 is 2.46 bits per heavy atom. The maximum atomic E-state index is 14.1. The number of anilines is 1. The number of benzene rings is 3. The zero-order chi connectivity index (χ0) is 27.3. The van der Waals surface area contributed by atoms with Gasteiger partial charge in [0.2, 0.25) is 0 Å². The van der Waals surface area contributed by atoms with Crippen molar-refractivity contribution >= 4 is 34.4 Å². The molecule has 1 saturated heterocycles. The number of aromatic amines is 1. The van der Waals surface area contributed by atoms with E-state index in [-0.39, 0.29) is 23.7 Å². The molecular formula is C30H28N4O5. The average molecular weight is 525 g/mol. The van der Waals surface area contributed by atoms with Gasteiger partial charge in [-0.15, -0.1) is 0 Å². The van der Waals surface area contributed by atoms with E-state index in [1.165, 1.54) is 0 Å². The van der Waals surface area contributed by atoms with Gasteiger partial charge in [-0.2, -0.15) is 0 Å². The van der Waals surface area contributed by atoms with Crippen molar-refractivity contribution in [2.45, 2.75) is 25.4 Å². The maximum Gasteiger partial charge on any atom is 0.332 e. The van der Waals surface area contributed by atoms with Crippen molar-refractivity contribution < 1.29 is 23.9 Å². The fourth-order valence-corrected chi connectivity index (χ4v) is 5.64. The summed E-state index contributed by atoms with van der Waals surface area (Å²) in [5.41, 5.74) is 2.73. The number of hydrogen-bond acceptors (Lipinski definition) is 5. The van der Waals surface area contributed by atoms with Crippen LogP contribution >= 0.6 is 0 Å². The Morgan fingerprint density at radius 1 is 1.00 bits per heavy atom. The van der Waals surface area contributed by atoms with Gasteiger partial charge in [-0.3, -0.25) is 9.59 Å². The van der Waals surface area contributed by atoms with E-state index in [0.717, 1.165) is 38.4 Å². The number of carbonyl (C=O) groups is 3. The van der Waals surface area contributed by atoms with Gasteiger partial charge >= 0.3 is 6.03 Å². The number of imide groups is 1. The Morgan fingerprint density at radius 2 is 1.72 bits per heavy atom. The molecule has 1 unspecified atom stereocenters. The molecule has 2 N–H and O–H groups in total. The highest BCUT2D eigenvalue weighted by atomic mass is 16.5. The predicted octanol–water partition coefficient (Wildman–Crippen LogP) is 4.36. The van der Waals surface area contributed by atoms with Crippen LogP contribution in [0.15, 0.2) is 66.7 Å². The number of nitrogens with one attached hydrogen (secondary N) is 2. The quantitative estimate of drug-likeness (QED) is 0.365. The van der Waals surface area contributed by atoms with E-state index in [9.17, 15) is 14.4 Å². The van der Waals surface area contributed by atoms with Crippen LogP contribution in [-0.4, -0.2) is 48.5 Å². The molecule has 1 atom stereocenters. The number of fused-ring (bicyclic) bond motifs is 5. The molecule has 0 aliphatic carbocycles. The van der Waals surface area contributed by atoms with Crippen LogP contribution in [0.3, 0.4) is 0 Å². The van der Waals surface area contributed by atoms with Crippen LogP contribution in [0, 0.1) is 0 Å². The minimum absolute atomic E-state index is 0.248. The Bertz CT molecular complexity index is 1630. The molecule has 0 saturated carbocycles. The molecule has 6 rings (SSSR count). The summed E-state index contributed by atoms with van der Waals surface area (Å²) >= 11 is 0. The Hall–Kier alpha value is -4.79. The fraction of sp³-hybridized carbons (Fsp3) is 0.233. The second-order valence-corrected chi connectivity index (χ2v) is 9.83. The third kappa shape index (κ3) is 3.72. The fourth-order valence-electron chi connectivity index (χ4n) is 5.64. The molecule has 3 aromatic carbocycles. The van der Waals surface area contributed by atoms with Crippen molar-refractivity contribution in [3.8, 4) is 11.5 Å². The predicted molar refractivity (Wildman–Crippen MR) is 146 cm³/mol. The van der Waals surface area contributed by atoms with Crippen LogP contribution in [0.5, 0.6) is 11.5 Å². The van der Waals surface area contributed by atoms with Crippen molar-refractivity contribution in [1.82, 2.24) is 15.2 Å². The SMILES string of the molecule is COc1ccc(CNC(=O)c2ccccc2N2C(=O)N3CCc4c([nH]c5ccc(OC)cc45)C3(C)C2=O)cc1. The summed E-state index contributed by atoms with van der Waals surface area (Å²) in [6.45, 7) is 2.43. The van der Waals surface area contributed by atoms with Crippen molar-refractivity contribution in [3.63, 3.8) is 0 Å². The van der Waals surface area contributed by atoms with Gasteiger partial charge in [0, 0.05) is 24.0 Å². The first-order chi connectivity index (χ1) is 18.9. The standard InChI is InChI=1S/C30H28N4O5/c1-30-26-21(23-16-20(39-3)12-13-24(23)32-26)14-15-33(30)29(37)34(28(30)36)25-7-5-4-6-22(25)27(35)31-17-18-8-10-19(38-2)11-9-18/h4-13,16,32H,14-15,17H2,1-3H3,(H,31,35). The molecule has 0 spiro atoms. The number of nitrogens with zero attached hydrogens (tertiary/aromatic N) is 2. The van der Waals surface area contributed by atoms with Crippen LogP contribution in [0.1, 0.15) is 34.1 Å².